The number of benzene rings is 3. The van der Waals surface area contributed by atoms with E-state index >= 15 is 0 Å². The van der Waals surface area contributed by atoms with Gasteiger partial charge in [-0.25, -0.2) is 13.4 Å². The van der Waals surface area contributed by atoms with Gasteiger partial charge in [-0.15, -0.1) is 0 Å². The second kappa shape index (κ2) is 13.9. The third-order valence-electron chi connectivity index (χ3n) is 6.86. The Hall–Kier alpha value is -5.16. The summed E-state index contributed by atoms with van der Waals surface area (Å²) in [6.45, 7) is -0.0662. The second-order valence-corrected chi connectivity index (χ2v) is 12.3. The minimum Gasteiger partial charge on any atom is -0.432 e. The van der Waals surface area contributed by atoms with Crippen molar-refractivity contribution < 1.29 is 27.2 Å². The van der Waals surface area contributed by atoms with E-state index in [9.17, 15) is 22.8 Å². The van der Waals surface area contributed by atoms with Gasteiger partial charge >= 0.3 is 5.91 Å². The molecule has 3 aromatic carbocycles. The van der Waals surface area contributed by atoms with Crippen LogP contribution in [0.15, 0.2) is 114 Å². The lowest BCUT2D eigenvalue weighted by molar-refractivity contribution is -0.130. The monoisotopic (exact) mass is 610 g/mol. The fourth-order valence-electron chi connectivity index (χ4n) is 4.72. The van der Waals surface area contributed by atoms with Crippen molar-refractivity contribution in [3.63, 3.8) is 0 Å². The van der Waals surface area contributed by atoms with Gasteiger partial charge in [-0.1, -0.05) is 72.8 Å². The van der Waals surface area contributed by atoms with E-state index in [4.69, 9.17) is 4.42 Å². The van der Waals surface area contributed by atoms with Gasteiger partial charge in [0.1, 0.15) is 11.6 Å². The Morgan fingerprint density at radius 3 is 2.20 bits per heavy atom. The molecule has 0 aliphatic carbocycles. The second-order valence-electron chi connectivity index (χ2n) is 10.2. The van der Waals surface area contributed by atoms with E-state index < -0.39 is 39.4 Å². The van der Waals surface area contributed by atoms with Crippen LogP contribution in [0, 0.1) is 0 Å². The average Bonchev–Trinajstić information content (AvgIpc) is 3.48. The molecule has 0 spiro atoms. The molecule has 5 rings (SSSR count). The fourth-order valence-corrected chi connectivity index (χ4v) is 6.27. The summed E-state index contributed by atoms with van der Waals surface area (Å²) in [5.41, 5.74) is 2.45. The van der Waals surface area contributed by atoms with E-state index in [0.717, 1.165) is 10.5 Å². The molecule has 224 valence electrons. The van der Waals surface area contributed by atoms with Crippen molar-refractivity contribution in [2.24, 2.45) is 0 Å². The molecular formula is C33H30N4O6S. The number of nitrogens with one attached hydrogen (secondary N) is 1. The number of aromatic nitrogens is 2. The summed E-state index contributed by atoms with van der Waals surface area (Å²) < 4.78 is 32.4. The first-order valence-corrected chi connectivity index (χ1v) is 15.8. The van der Waals surface area contributed by atoms with Crippen molar-refractivity contribution in [1.29, 1.82) is 0 Å². The molecule has 0 bridgehead atoms. The quantitative estimate of drug-likeness (QED) is 0.221. The molecule has 1 unspecified atom stereocenters. The summed E-state index contributed by atoms with van der Waals surface area (Å²) in [4.78, 5) is 50.2. The van der Waals surface area contributed by atoms with Crippen LogP contribution in [-0.2, 0) is 26.8 Å². The van der Waals surface area contributed by atoms with Crippen LogP contribution in [0.2, 0.25) is 0 Å². The van der Waals surface area contributed by atoms with Crippen molar-refractivity contribution in [3.8, 4) is 0 Å². The lowest BCUT2D eigenvalue weighted by atomic mass is 10.1. The number of rotatable bonds is 12. The van der Waals surface area contributed by atoms with Crippen LogP contribution in [0.5, 0.6) is 0 Å². The molecule has 0 aliphatic heterocycles. The molecule has 0 radical (unpaired) electrons. The smallest absolute Gasteiger partial charge is 0.316 e. The highest BCUT2D eigenvalue weighted by Gasteiger charge is 2.36. The number of carbonyl (C=O) groups excluding carboxylic acids is 3. The van der Waals surface area contributed by atoms with E-state index in [1.54, 1.807) is 60.7 Å². The summed E-state index contributed by atoms with van der Waals surface area (Å²) in [7, 11) is -3.94. The number of hydrogen-bond acceptors (Lipinski definition) is 8. The minimum absolute atomic E-state index is 0.0662. The maximum atomic E-state index is 14.2. The molecule has 2 aromatic heterocycles. The Morgan fingerprint density at radius 2 is 1.52 bits per heavy atom. The van der Waals surface area contributed by atoms with Crippen molar-refractivity contribution >= 4 is 38.7 Å². The predicted molar refractivity (Wildman–Crippen MR) is 164 cm³/mol. The van der Waals surface area contributed by atoms with Gasteiger partial charge in [-0.3, -0.25) is 24.3 Å². The number of amides is 3. The molecule has 1 N–H and O–H groups in total. The number of pyridine rings is 1. The molecule has 0 saturated heterocycles. The maximum Gasteiger partial charge on any atom is 0.316 e. The minimum atomic E-state index is -3.94. The van der Waals surface area contributed by atoms with Gasteiger partial charge in [0.05, 0.1) is 17.1 Å². The van der Waals surface area contributed by atoms with Crippen LogP contribution in [0.25, 0.3) is 11.1 Å². The molecule has 5 aromatic rings. The van der Waals surface area contributed by atoms with E-state index in [1.165, 1.54) is 18.5 Å². The normalized spacial score (nSPS) is 12.0. The molecular weight excluding hydrogens is 580 g/mol. The Bertz CT molecular complexity index is 1810. The summed E-state index contributed by atoms with van der Waals surface area (Å²) in [5, 5.41) is 2.54. The van der Waals surface area contributed by atoms with Gasteiger partial charge in [-0.2, -0.15) is 0 Å². The standard InChI is InChI=1S/C33H30N4O6S/c38-30(26-16-9-19-34-21-26)35-28(23-44(41,42)22-25-13-5-2-6-14-25)32(39)37(20-10-15-24-11-3-1-4-12-24)33(40)31-36-27-17-7-8-18-29(27)43-31/h1-9,11-14,16-19,21,28H,10,15,20,22-23H2,(H,35,38). The molecule has 0 fully saturated rings. The van der Waals surface area contributed by atoms with Gasteiger partial charge in [-0.05, 0) is 48.2 Å². The third kappa shape index (κ3) is 7.81. The Balaban J connectivity index is 1.45. The number of sulfone groups is 1. The van der Waals surface area contributed by atoms with Crippen molar-refractivity contribution in [2.45, 2.75) is 24.6 Å². The molecule has 11 heteroatoms. The Labute approximate surface area is 254 Å². The van der Waals surface area contributed by atoms with E-state index in [0.29, 0.717) is 29.5 Å². The van der Waals surface area contributed by atoms with Gasteiger partial charge in [0.15, 0.2) is 15.4 Å². The van der Waals surface area contributed by atoms with Crippen molar-refractivity contribution in [3.05, 3.63) is 132 Å². The summed E-state index contributed by atoms with van der Waals surface area (Å²) >= 11 is 0. The third-order valence-corrected chi connectivity index (χ3v) is 8.47. The lowest BCUT2D eigenvalue weighted by Crippen LogP contribution is -2.53. The average molecular weight is 611 g/mol. The van der Waals surface area contributed by atoms with E-state index in [1.807, 2.05) is 30.3 Å². The first-order chi connectivity index (χ1) is 21.3. The zero-order valence-electron chi connectivity index (χ0n) is 23.7. The van der Waals surface area contributed by atoms with Crippen LogP contribution < -0.4 is 5.32 Å². The molecule has 10 nitrogen and oxygen atoms in total. The number of para-hydroxylation sites is 2. The highest BCUT2D eigenvalue weighted by atomic mass is 32.2. The van der Waals surface area contributed by atoms with E-state index in [2.05, 4.69) is 15.3 Å². The van der Waals surface area contributed by atoms with E-state index in [-0.39, 0.29) is 23.8 Å². The summed E-state index contributed by atoms with van der Waals surface area (Å²) in [6, 6.07) is 26.3. The maximum absolute atomic E-state index is 14.2. The van der Waals surface area contributed by atoms with Crippen LogP contribution in [0.1, 0.15) is 38.6 Å². The first kappa shape index (κ1) is 30.3. The lowest BCUT2D eigenvalue weighted by Gasteiger charge is -2.26. The number of hydrogen-bond donors (Lipinski definition) is 1. The van der Waals surface area contributed by atoms with Crippen LogP contribution in [0.4, 0.5) is 0 Å². The molecule has 44 heavy (non-hydrogen) atoms. The van der Waals surface area contributed by atoms with Crippen molar-refractivity contribution in [1.82, 2.24) is 20.2 Å². The summed E-state index contributed by atoms with van der Waals surface area (Å²) in [5.74, 6) is -3.83. The van der Waals surface area contributed by atoms with Crippen LogP contribution in [0.3, 0.4) is 0 Å². The van der Waals surface area contributed by atoms with Gasteiger partial charge < -0.3 is 9.73 Å². The van der Waals surface area contributed by atoms with Crippen LogP contribution >= 0.6 is 0 Å². The molecule has 0 saturated carbocycles. The number of fused-ring (bicyclic) bond motifs is 1. The number of carbonyl (C=O) groups is 3. The SMILES string of the molecule is O=C(NC(CS(=O)(=O)Cc1ccccc1)C(=O)N(CCCc1ccccc1)C(=O)c1nc2ccccc2o1)c1cccnc1. The number of oxazole rings is 1. The Kier molecular flexibility index (Phi) is 9.56. The zero-order chi connectivity index (χ0) is 30.9. The molecule has 1 atom stereocenters. The van der Waals surface area contributed by atoms with Gasteiger partial charge in [0.2, 0.25) is 0 Å². The largest absolute Gasteiger partial charge is 0.432 e. The summed E-state index contributed by atoms with van der Waals surface area (Å²) in [6.07, 6.45) is 3.71. The number of imide groups is 1. The number of nitrogens with zero attached hydrogens (tertiary/aromatic N) is 3. The topological polar surface area (TPSA) is 140 Å². The van der Waals surface area contributed by atoms with Gasteiger partial charge in [0.25, 0.3) is 17.7 Å². The van der Waals surface area contributed by atoms with Crippen molar-refractivity contribution in [2.75, 3.05) is 12.3 Å². The predicted octanol–water partition coefficient (Wildman–Crippen LogP) is 4.24. The highest BCUT2D eigenvalue weighted by Crippen LogP contribution is 2.18. The Morgan fingerprint density at radius 1 is 0.841 bits per heavy atom. The number of aryl methyl sites for hydroxylation is 1. The molecule has 3 amide bonds. The molecule has 2 heterocycles. The highest BCUT2D eigenvalue weighted by molar-refractivity contribution is 7.90. The van der Waals surface area contributed by atoms with Gasteiger partial charge in [0, 0.05) is 18.9 Å². The molecule has 0 aliphatic rings. The van der Waals surface area contributed by atoms with Crippen LogP contribution in [-0.4, -0.2) is 59.3 Å². The zero-order valence-corrected chi connectivity index (χ0v) is 24.5. The first-order valence-electron chi connectivity index (χ1n) is 14.0. The fraction of sp³-hybridized carbons (Fsp3) is 0.182.